The second kappa shape index (κ2) is 9.75. The minimum absolute atomic E-state index is 0.0367. The molecule has 2 aromatic carbocycles. The largest absolute Gasteiger partial charge is 0.366 e. The van der Waals surface area contributed by atoms with Crippen molar-refractivity contribution in [1.82, 2.24) is 5.32 Å². The third-order valence-corrected chi connectivity index (χ3v) is 6.20. The molecule has 2 amide bonds. The molecule has 1 heterocycles. The molecule has 1 unspecified atom stereocenters. The van der Waals surface area contributed by atoms with E-state index < -0.39 is 10.8 Å². The van der Waals surface area contributed by atoms with Crippen LogP contribution in [0.5, 0.6) is 0 Å². The number of thioether (sulfide) groups is 1. The summed E-state index contributed by atoms with van der Waals surface area (Å²) in [4.78, 5) is 34.9. The molecule has 7 nitrogen and oxygen atoms in total. The fraction of sp³-hybridized carbons (Fsp3) is 0.100. The van der Waals surface area contributed by atoms with Crippen molar-refractivity contribution in [2.75, 3.05) is 5.75 Å². The molecule has 1 atom stereocenters. The maximum absolute atomic E-state index is 12.6. The monoisotopic (exact) mass is 461 g/mol. The zero-order valence-electron chi connectivity index (χ0n) is 15.4. The molecule has 0 aliphatic rings. The van der Waals surface area contributed by atoms with Crippen LogP contribution >= 0.6 is 34.7 Å². The maximum atomic E-state index is 12.6. The van der Waals surface area contributed by atoms with E-state index in [4.69, 9.17) is 17.3 Å². The van der Waals surface area contributed by atoms with Crippen LogP contribution < -0.4 is 11.1 Å². The Balaban J connectivity index is 1.74. The van der Waals surface area contributed by atoms with Gasteiger partial charge in [0.1, 0.15) is 0 Å². The van der Waals surface area contributed by atoms with E-state index in [9.17, 15) is 19.7 Å². The highest BCUT2D eigenvalue weighted by Crippen LogP contribution is 2.31. The molecule has 0 bridgehead atoms. The van der Waals surface area contributed by atoms with E-state index in [1.165, 1.54) is 23.5 Å². The van der Waals surface area contributed by atoms with Crippen molar-refractivity contribution in [3.8, 4) is 0 Å². The summed E-state index contributed by atoms with van der Waals surface area (Å²) in [5.41, 5.74) is 6.75. The lowest BCUT2D eigenvalue weighted by Crippen LogP contribution is -2.30. The third kappa shape index (κ3) is 5.38. The highest BCUT2D eigenvalue weighted by molar-refractivity contribution is 8.00. The van der Waals surface area contributed by atoms with Gasteiger partial charge in [-0.25, -0.2) is 0 Å². The van der Waals surface area contributed by atoms with Crippen molar-refractivity contribution in [1.29, 1.82) is 0 Å². The summed E-state index contributed by atoms with van der Waals surface area (Å²) >= 11 is 8.50. The Morgan fingerprint density at radius 3 is 2.50 bits per heavy atom. The average molecular weight is 462 g/mol. The minimum Gasteiger partial charge on any atom is -0.366 e. The van der Waals surface area contributed by atoms with Crippen molar-refractivity contribution in [3.63, 3.8) is 0 Å². The van der Waals surface area contributed by atoms with Gasteiger partial charge in [0.05, 0.1) is 21.6 Å². The van der Waals surface area contributed by atoms with Crippen molar-refractivity contribution in [2.45, 2.75) is 10.9 Å². The van der Waals surface area contributed by atoms with Gasteiger partial charge in [-0.05, 0) is 52.2 Å². The lowest BCUT2D eigenvalue weighted by molar-refractivity contribution is -0.387. The van der Waals surface area contributed by atoms with Gasteiger partial charge in [0, 0.05) is 16.7 Å². The lowest BCUT2D eigenvalue weighted by atomic mass is 10.0. The number of amides is 2. The van der Waals surface area contributed by atoms with Gasteiger partial charge in [-0.3, -0.25) is 19.7 Å². The summed E-state index contributed by atoms with van der Waals surface area (Å²) < 4.78 is 0. The fourth-order valence-electron chi connectivity index (χ4n) is 2.73. The number of rotatable bonds is 8. The molecular formula is C20H16ClN3O4S2. The molecule has 0 saturated carbocycles. The SMILES string of the molecule is NC(=O)c1ccc(SCC(=O)NC(c2ccc(Cl)cc2)c2ccsc2)c([N+](=O)[O-])c1. The first kappa shape index (κ1) is 21.8. The molecule has 0 fully saturated rings. The smallest absolute Gasteiger partial charge is 0.283 e. The molecule has 0 aliphatic heterocycles. The average Bonchev–Trinajstić information content (AvgIpc) is 3.25. The highest BCUT2D eigenvalue weighted by Gasteiger charge is 2.20. The summed E-state index contributed by atoms with van der Waals surface area (Å²) in [6, 6.07) is 12.7. The molecule has 3 N–H and O–H groups in total. The number of nitro benzene ring substituents is 1. The number of halogens is 1. The standard InChI is InChI=1S/C20H16ClN3O4S2/c21-15-4-1-12(2-5-15)19(14-7-8-29-10-14)23-18(25)11-30-17-6-3-13(20(22)26)9-16(17)24(27)28/h1-10,19H,11H2,(H2,22,26)(H,23,25). The van der Waals surface area contributed by atoms with Crippen LogP contribution in [-0.4, -0.2) is 22.5 Å². The van der Waals surface area contributed by atoms with Gasteiger partial charge in [0.15, 0.2) is 0 Å². The van der Waals surface area contributed by atoms with E-state index in [0.717, 1.165) is 29.0 Å². The Morgan fingerprint density at radius 2 is 1.90 bits per heavy atom. The molecule has 30 heavy (non-hydrogen) atoms. The molecule has 0 aliphatic carbocycles. The zero-order valence-corrected chi connectivity index (χ0v) is 17.8. The van der Waals surface area contributed by atoms with Gasteiger partial charge in [-0.2, -0.15) is 11.3 Å². The van der Waals surface area contributed by atoms with Crippen LogP contribution in [0.25, 0.3) is 0 Å². The summed E-state index contributed by atoms with van der Waals surface area (Å²) in [5, 5.41) is 18.7. The number of hydrogen-bond acceptors (Lipinski definition) is 6. The van der Waals surface area contributed by atoms with Gasteiger partial charge in [0.2, 0.25) is 11.8 Å². The molecule has 1 aromatic heterocycles. The first-order valence-corrected chi connectivity index (χ1v) is 10.9. The number of nitrogens with one attached hydrogen (secondary N) is 1. The van der Waals surface area contributed by atoms with E-state index in [0.29, 0.717) is 5.02 Å². The Kier molecular flexibility index (Phi) is 7.09. The minimum atomic E-state index is -0.756. The number of nitrogens with zero attached hydrogens (tertiary/aromatic N) is 1. The second-order valence-electron chi connectivity index (χ2n) is 6.20. The van der Waals surface area contributed by atoms with Crippen LogP contribution in [0.4, 0.5) is 5.69 Å². The predicted octanol–water partition coefficient (Wildman–Crippen LogP) is 4.41. The number of primary amides is 1. The molecule has 3 aromatic rings. The number of hydrogen-bond donors (Lipinski definition) is 2. The number of benzene rings is 2. The van der Waals surface area contributed by atoms with Crippen LogP contribution in [0.3, 0.4) is 0 Å². The Hall–Kier alpha value is -2.88. The van der Waals surface area contributed by atoms with Gasteiger partial charge >= 0.3 is 0 Å². The predicted molar refractivity (Wildman–Crippen MR) is 118 cm³/mol. The van der Waals surface area contributed by atoms with Crippen LogP contribution in [0, 0.1) is 10.1 Å². The molecule has 10 heteroatoms. The van der Waals surface area contributed by atoms with E-state index in [2.05, 4.69) is 5.32 Å². The zero-order chi connectivity index (χ0) is 21.7. The number of nitro groups is 1. The molecular weight excluding hydrogens is 446 g/mol. The van der Waals surface area contributed by atoms with Gasteiger partial charge in [-0.15, -0.1) is 11.8 Å². The van der Waals surface area contributed by atoms with Crippen molar-refractivity contribution < 1.29 is 14.5 Å². The molecule has 0 saturated heterocycles. The summed E-state index contributed by atoms with van der Waals surface area (Å²) in [5.74, 6) is -1.08. The molecule has 154 valence electrons. The summed E-state index contributed by atoms with van der Waals surface area (Å²) in [6.07, 6.45) is 0. The van der Waals surface area contributed by atoms with Gasteiger partial charge < -0.3 is 11.1 Å². The number of nitrogens with two attached hydrogens (primary N) is 1. The fourth-order valence-corrected chi connectivity index (χ4v) is 4.36. The van der Waals surface area contributed by atoms with Crippen molar-refractivity contribution in [3.05, 3.63) is 91.1 Å². The van der Waals surface area contributed by atoms with Crippen LogP contribution in [0.1, 0.15) is 27.5 Å². The topological polar surface area (TPSA) is 115 Å². The maximum Gasteiger partial charge on any atom is 0.283 e. The van der Waals surface area contributed by atoms with E-state index in [-0.39, 0.29) is 33.8 Å². The van der Waals surface area contributed by atoms with Crippen LogP contribution in [0.2, 0.25) is 5.02 Å². The first-order chi connectivity index (χ1) is 14.3. The van der Waals surface area contributed by atoms with E-state index in [1.54, 1.807) is 12.1 Å². The molecule has 3 rings (SSSR count). The van der Waals surface area contributed by atoms with Crippen LogP contribution in [-0.2, 0) is 4.79 Å². The van der Waals surface area contributed by atoms with Gasteiger partial charge in [-0.1, -0.05) is 23.7 Å². The lowest BCUT2D eigenvalue weighted by Gasteiger charge is -2.18. The Morgan fingerprint density at radius 1 is 1.17 bits per heavy atom. The van der Waals surface area contributed by atoms with E-state index >= 15 is 0 Å². The van der Waals surface area contributed by atoms with Crippen molar-refractivity contribution in [2.24, 2.45) is 5.73 Å². The third-order valence-electron chi connectivity index (χ3n) is 4.18. The first-order valence-electron chi connectivity index (χ1n) is 8.63. The number of carbonyl (C=O) groups is 2. The van der Waals surface area contributed by atoms with Crippen molar-refractivity contribution >= 4 is 52.2 Å². The van der Waals surface area contributed by atoms with Gasteiger partial charge in [0.25, 0.3) is 5.69 Å². The van der Waals surface area contributed by atoms with Crippen LogP contribution in [0.15, 0.2) is 64.2 Å². The molecule has 0 radical (unpaired) electrons. The molecule has 0 spiro atoms. The summed E-state index contributed by atoms with van der Waals surface area (Å²) in [6.45, 7) is 0. The number of carbonyl (C=O) groups excluding carboxylic acids is 2. The number of thiophene rings is 1. The summed E-state index contributed by atoms with van der Waals surface area (Å²) in [7, 11) is 0. The van der Waals surface area contributed by atoms with E-state index in [1.807, 2.05) is 29.0 Å². The normalized spacial score (nSPS) is 11.6. The highest BCUT2D eigenvalue weighted by atomic mass is 35.5. The Labute approximate surface area is 185 Å². The quantitative estimate of drug-likeness (QED) is 0.293. The Bertz CT molecular complexity index is 1070. The second-order valence-corrected chi connectivity index (χ2v) is 8.43.